The van der Waals surface area contributed by atoms with Crippen LogP contribution in [-0.4, -0.2) is 48.5 Å². The van der Waals surface area contributed by atoms with Gasteiger partial charge in [-0.25, -0.2) is 13.8 Å². The second-order valence-electron chi connectivity index (χ2n) is 6.27. The number of rotatable bonds is 5. The Balaban J connectivity index is 1.44. The van der Waals surface area contributed by atoms with E-state index in [4.69, 9.17) is 5.26 Å². The van der Waals surface area contributed by atoms with Gasteiger partial charge < -0.3 is 10.2 Å². The van der Waals surface area contributed by atoms with Crippen molar-refractivity contribution in [1.82, 2.24) is 9.88 Å². The van der Waals surface area contributed by atoms with Crippen LogP contribution in [0.15, 0.2) is 36.5 Å². The lowest BCUT2D eigenvalue weighted by atomic mass is 10.2. The van der Waals surface area contributed by atoms with E-state index in [1.165, 1.54) is 6.07 Å². The van der Waals surface area contributed by atoms with Gasteiger partial charge in [0.25, 0.3) is 0 Å². The van der Waals surface area contributed by atoms with Crippen molar-refractivity contribution in [2.75, 3.05) is 42.9 Å². The molecule has 6 nitrogen and oxygen atoms in total. The van der Waals surface area contributed by atoms with E-state index in [9.17, 15) is 13.6 Å². The summed E-state index contributed by atoms with van der Waals surface area (Å²) < 4.78 is 26.1. The summed E-state index contributed by atoms with van der Waals surface area (Å²) in [5.41, 5.74) is 0.823. The molecule has 0 radical (unpaired) electrons. The smallest absolute Gasteiger partial charge is 0.225 e. The van der Waals surface area contributed by atoms with Crippen LogP contribution in [0.2, 0.25) is 0 Å². The number of nitrogens with zero attached hydrogens (tertiary/aromatic N) is 4. The predicted molar refractivity (Wildman–Crippen MR) is 97.2 cm³/mol. The van der Waals surface area contributed by atoms with Gasteiger partial charge in [-0.15, -0.1) is 0 Å². The summed E-state index contributed by atoms with van der Waals surface area (Å²) in [7, 11) is 0. The number of piperazine rings is 1. The fourth-order valence-corrected chi connectivity index (χ4v) is 2.92. The first-order valence-electron chi connectivity index (χ1n) is 8.63. The number of carbonyl (C=O) groups is 1. The zero-order chi connectivity index (χ0) is 19.2. The van der Waals surface area contributed by atoms with Gasteiger partial charge in [0.1, 0.15) is 5.82 Å². The Morgan fingerprint density at radius 2 is 1.93 bits per heavy atom. The molecule has 1 fully saturated rings. The summed E-state index contributed by atoms with van der Waals surface area (Å²) in [6.45, 7) is 3.64. The van der Waals surface area contributed by atoms with E-state index in [1.807, 2.05) is 0 Å². The Kier molecular flexibility index (Phi) is 5.94. The lowest BCUT2D eigenvalue weighted by molar-refractivity contribution is -0.116. The van der Waals surface area contributed by atoms with E-state index < -0.39 is 11.6 Å². The van der Waals surface area contributed by atoms with Gasteiger partial charge in [-0.05, 0) is 24.3 Å². The molecule has 1 aliphatic heterocycles. The van der Waals surface area contributed by atoms with E-state index in [1.54, 1.807) is 18.3 Å². The van der Waals surface area contributed by atoms with Crippen LogP contribution in [0.25, 0.3) is 0 Å². The number of nitriles is 1. The molecule has 8 heteroatoms. The normalized spacial score (nSPS) is 14.6. The molecular formula is C19H19F2N5O. The van der Waals surface area contributed by atoms with Crippen LogP contribution in [-0.2, 0) is 4.79 Å². The lowest BCUT2D eigenvalue weighted by Crippen LogP contribution is -2.47. The monoisotopic (exact) mass is 371 g/mol. The third kappa shape index (κ3) is 4.99. The Bertz CT molecular complexity index is 859. The number of halogens is 2. The van der Waals surface area contributed by atoms with Gasteiger partial charge in [-0.3, -0.25) is 9.69 Å². The van der Waals surface area contributed by atoms with Crippen LogP contribution in [0.4, 0.5) is 20.3 Å². The van der Waals surface area contributed by atoms with Crippen molar-refractivity contribution < 1.29 is 13.6 Å². The van der Waals surface area contributed by atoms with Crippen molar-refractivity contribution in [3.8, 4) is 6.07 Å². The minimum atomic E-state index is -0.988. The minimum absolute atomic E-state index is 0.243. The van der Waals surface area contributed by atoms with Crippen LogP contribution in [0.1, 0.15) is 12.0 Å². The molecule has 0 atom stereocenters. The zero-order valence-corrected chi connectivity index (χ0v) is 14.7. The topological polar surface area (TPSA) is 72.3 Å². The SMILES string of the molecule is N#Cc1ccnc(N2CCN(CCC(=O)Nc3ccc(F)c(F)c3)CC2)c1. The van der Waals surface area contributed by atoms with Crippen molar-refractivity contribution in [3.63, 3.8) is 0 Å². The number of hydrogen-bond acceptors (Lipinski definition) is 5. The Labute approximate surface area is 156 Å². The fraction of sp³-hybridized carbons (Fsp3) is 0.316. The maximum absolute atomic E-state index is 13.2. The van der Waals surface area contributed by atoms with E-state index >= 15 is 0 Å². The van der Waals surface area contributed by atoms with Gasteiger partial charge in [0.2, 0.25) is 5.91 Å². The molecule has 1 aromatic carbocycles. The third-order valence-corrected chi connectivity index (χ3v) is 4.43. The fourth-order valence-electron chi connectivity index (χ4n) is 2.92. The van der Waals surface area contributed by atoms with E-state index in [0.717, 1.165) is 44.1 Å². The maximum Gasteiger partial charge on any atom is 0.225 e. The van der Waals surface area contributed by atoms with Gasteiger partial charge in [0, 0.05) is 57.1 Å². The van der Waals surface area contributed by atoms with Crippen LogP contribution in [0, 0.1) is 23.0 Å². The Hall–Kier alpha value is -3.05. The zero-order valence-electron chi connectivity index (χ0n) is 14.7. The van der Waals surface area contributed by atoms with Crippen LogP contribution >= 0.6 is 0 Å². The molecule has 0 unspecified atom stereocenters. The molecule has 0 spiro atoms. The molecule has 1 amide bonds. The quantitative estimate of drug-likeness (QED) is 0.874. The van der Waals surface area contributed by atoms with Gasteiger partial charge in [0.05, 0.1) is 11.6 Å². The Morgan fingerprint density at radius 3 is 2.63 bits per heavy atom. The molecule has 2 aromatic rings. The highest BCUT2D eigenvalue weighted by Gasteiger charge is 2.19. The van der Waals surface area contributed by atoms with E-state index in [-0.39, 0.29) is 18.0 Å². The lowest BCUT2D eigenvalue weighted by Gasteiger charge is -2.35. The number of aromatic nitrogens is 1. The van der Waals surface area contributed by atoms with Crippen LogP contribution in [0.3, 0.4) is 0 Å². The molecule has 0 aliphatic carbocycles. The largest absolute Gasteiger partial charge is 0.354 e. The maximum atomic E-state index is 13.2. The summed E-state index contributed by atoms with van der Waals surface area (Å²) in [5.74, 6) is -1.39. The molecule has 0 saturated carbocycles. The van der Waals surface area contributed by atoms with Gasteiger partial charge in [-0.1, -0.05) is 0 Å². The van der Waals surface area contributed by atoms with Crippen LogP contribution < -0.4 is 10.2 Å². The number of anilines is 2. The number of hydrogen-bond donors (Lipinski definition) is 1. The van der Waals surface area contributed by atoms with E-state index in [0.29, 0.717) is 12.1 Å². The summed E-state index contributed by atoms with van der Waals surface area (Å²) in [6.07, 6.45) is 1.89. The van der Waals surface area contributed by atoms with Gasteiger partial charge >= 0.3 is 0 Å². The summed E-state index contributed by atoms with van der Waals surface area (Å²) in [5, 5.41) is 11.6. The summed E-state index contributed by atoms with van der Waals surface area (Å²) in [4.78, 5) is 20.6. The van der Waals surface area contributed by atoms with Crippen LogP contribution in [0.5, 0.6) is 0 Å². The average Bonchev–Trinajstić information content (AvgIpc) is 2.69. The van der Waals surface area contributed by atoms with Gasteiger partial charge in [-0.2, -0.15) is 5.26 Å². The highest BCUT2D eigenvalue weighted by Crippen LogP contribution is 2.16. The number of benzene rings is 1. The minimum Gasteiger partial charge on any atom is -0.354 e. The Morgan fingerprint density at radius 1 is 1.15 bits per heavy atom. The van der Waals surface area contributed by atoms with Crippen molar-refractivity contribution in [2.45, 2.75) is 6.42 Å². The first kappa shape index (κ1) is 18.7. The molecule has 140 valence electrons. The molecule has 1 saturated heterocycles. The molecule has 1 N–H and O–H groups in total. The highest BCUT2D eigenvalue weighted by atomic mass is 19.2. The van der Waals surface area contributed by atoms with Crippen molar-refractivity contribution in [2.24, 2.45) is 0 Å². The second kappa shape index (κ2) is 8.56. The molecule has 2 heterocycles. The number of carbonyl (C=O) groups excluding carboxylic acids is 1. The standard InChI is InChI=1S/C19H19F2N5O/c20-16-2-1-15(12-17(16)21)24-19(27)4-6-25-7-9-26(10-8-25)18-11-14(13-22)3-5-23-18/h1-3,5,11-12H,4,6-10H2,(H,24,27). The summed E-state index contributed by atoms with van der Waals surface area (Å²) in [6, 6.07) is 8.83. The average molecular weight is 371 g/mol. The number of amides is 1. The molecular weight excluding hydrogens is 352 g/mol. The van der Waals surface area contributed by atoms with Gasteiger partial charge in [0.15, 0.2) is 11.6 Å². The second-order valence-corrected chi connectivity index (χ2v) is 6.27. The number of nitrogens with one attached hydrogen (secondary N) is 1. The van der Waals surface area contributed by atoms with Crippen molar-refractivity contribution in [1.29, 1.82) is 5.26 Å². The molecule has 1 aromatic heterocycles. The number of pyridine rings is 1. The highest BCUT2D eigenvalue weighted by molar-refractivity contribution is 5.90. The van der Waals surface area contributed by atoms with E-state index in [2.05, 4.69) is 26.2 Å². The third-order valence-electron chi connectivity index (χ3n) is 4.43. The molecule has 3 rings (SSSR count). The van der Waals surface area contributed by atoms with Crippen molar-refractivity contribution in [3.05, 3.63) is 53.7 Å². The first-order chi connectivity index (χ1) is 13.0. The molecule has 27 heavy (non-hydrogen) atoms. The molecule has 1 aliphatic rings. The molecule has 0 bridgehead atoms. The summed E-state index contributed by atoms with van der Waals surface area (Å²) >= 11 is 0. The first-order valence-corrected chi connectivity index (χ1v) is 8.63. The predicted octanol–water partition coefficient (Wildman–Crippen LogP) is 2.38. The van der Waals surface area contributed by atoms with Crippen molar-refractivity contribution >= 4 is 17.4 Å².